The Morgan fingerprint density at radius 2 is 1.74 bits per heavy atom. The molecule has 1 rings (SSSR count). The predicted octanol–water partition coefficient (Wildman–Crippen LogP) is 0.615. The summed E-state index contributed by atoms with van der Waals surface area (Å²) in [4.78, 5) is 23.7. The van der Waals surface area contributed by atoms with Gasteiger partial charge in [-0.15, -0.1) is 0 Å². The van der Waals surface area contributed by atoms with E-state index in [0.717, 1.165) is 0 Å². The molecule has 0 aliphatic heterocycles. The van der Waals surface area contributed by atoms with Crippen LogP contribution in [0.3, 0.4) is 0 Å². The highest BCUT2D eigenvalue weighted by Gasteiger charge is 2.18. The molecule has 6 heteroatoms. The normalized spacial score (nSPS) is 11.8. The van der Waals surface area contributed by atoms with Crippen LogP contribution in [0.15, 0.2) is 24.3 Å². The Morgan fingerprint density at radius 1 is 1.11 bits per heavy atom. The number of hydrogen-bond acceptors (Lipinski definition) is 4. The number of hydrazine groups is 1. The van der Waals surface area contributed by atoms with Crippen molar-refractivity contribution in [3.63, 3.8) is 0 Å². The van der Waals surface area contributed by atoms with Crippen LogP contribution in [0.1, 0.15) is 31.1 Å². The molecule has 1 aromatic carbocycles. The number of hydrogen-bond donors (Lipinski definition) is 4. The summed E-state index contributed by atoms with van der Waals surface area (Å²) in [5.41, 5.74) is 3.36. The molecule has 1 unspecified atom stereocenters. The zero-order valence-electron chi connectivity index (χ0n) is 11.4. The quantitative estimate of drug-likeness (QED) is 0.463. The number of carbonyl (C=O) groups excluding carboxylic acids is 2. The number of nitrogens with two attached hydrogens (primary N) is 1. The highest BCUT2D eigenvalue weighted by atomic mass is 16.2. The maximum atomic E-state index is 12.0. The largest absolute Gasteiger partial charge is 0.352 e. The summed E-state index contributed by atoms with van der Waals surface area (Å²) >= 11 is 0. The van der Waals surface area contributed by atoms with Crippen LogP contribution >= 0.6 is 0 Å². The second-order valence-electron chi connectivity index (χ2n) is 4.55. The fourth-order valence-electron chi connectivity index (χ4n) is 1.56. The number of nitrogen functional groups attached to an aromatic ring is 1. The lowest BCUT2D eigenvalue weighted by Crippen LogP contribution is -2.46. The second-order valence-corrected chi connectivity index (χ2v) is 4.55. The molecule has 0 fully saturated rings. The van der Waals surface area contributed by atoms with Crippen LogP contribution in [-0.4, -0.2) is 23.9 Å². The topological polar surface area (TPSA) is 96.2 Å². The van der Waals surface area contributed by atoms with Crippen molar-refractivity contribution >= 4 is 17.5 Å². The van der Waals surface area contributed by atoms with E-state index in [0.29, 0.717) is 11.3 Å². The average Bonchev–Trinajstić information content (AvgIpc) is 2.37. The molecule has 19 heavy (non-hydrogen) atoms. The molecule has 0 radical (unpaired) electrons. The number of anilines is 1. The Labute approximate surface area is 112 Å². The number of para-hydroxylation sites is 1. The van der Waals surface area contributed by atoms with E-state index >= 15 is 0 Å². The van der Waals surface area contributed by atoms with Gasteiger partial charge in [0.05, 0.1) is 11.3 Å². The lowest BCUT2D eigenvalue weighted by molar-refractivity contribution is -0.123. The Morgan fingerprint density at radius 3 is 2.32 bits per heavy atom. The predicted molar refractivity (Wildman–Crippen MR) is 74.5 cm³/mol. The van der Waals surface area contributed by atoms with Crippen molar-refractivity contribution in [2.75, 3.05) is 5.43 Å². The molecule has 0 aromatic heterocycles. The van der Waals surface area contributed by atoms with Gasteiger partial charge in [0.25, 0.3) is 5.91 Å². The van der Waals surface area contributed by atoms with E-state index < -0.39 is 6.04 Å². The van der Waals surface area contributed by atoms with Gasteiger partial charge in [-0.05, 0) is 32.9 Å². The lowest BCUT2D eigenvalue weighted by atomic mass is 10.1. The average molecular weight is 264 g/mol. The first-order valence-electron chi connectivity index (χ1n) is 6.12. The van der Waals surface area contributed by atoms with E-state index in [1.165, 1.54) is 0 Å². The van der Waals surface area contributed by atoms with Crippen LogP contribution < -0.4 is 21.9 Å². The molecule has 0 aliphatic rings. The van der Waals surface area contributed by atoms with Gasteiger partial charge in [0.1, 0.15) is 6.04 Å². The summed E-state index contributed by atoms with van der Waals surface area (Å²) in [7, 11) is 0. The first-order valence-corrected chi connectivity index (χ1v) is 6.12. The number of benzene rings is 1. The molecule has 0 heterocycles. The third kappa shape index (κ3) is 4.26. The molecule has 0 saturated heterocycles. The Bertz CT molecular complexity index is 460. The molecule has 5 N–H and O–H groups in total. The van der Waals surface area contributed by atoms with Gasteiger partial charge in [-0.2, -0.15) is 0 Å². The minimum absolute atomic E-state index is 0.0323. The van der Waals surface area contributed by atoms with Crippen molar-refractivity contribution in [1.29, 1.82) is 0 Å². The summed E-state index contributed by atoms with van der Waals surface area (Å²) in [5, 5.41) is 5.36. The zero-order valence-corrected chi connectivity index (χ0v) is 11.4. The van der Waals surface area contributed by atoms with Crippen LogP contribution in [0.25, 0.3) is 0 Å². The summed E-state index contributed by atoms with van der Waals surface area (Å²) in [6.45, 7) is 5.36. The SMILES string of the molecule is CC(C)NC(=O)C(C)NC(=O)c1ccccc1NN. The highest BCUT2D eigenvalue weighted by molar-refractivity contribution is 6.01. The van der Waals surface area contributed by atoms with Crippen molar-refractivity contribution in [2.45, 2.75) is 32.9 Å². The van der Waals surface area contributed by atoms with Crippen molar-refractivity contribution in [3.8, 4) is 0 Å². The lowest BCUT2D eigenvalue weighted by Gasteiger charge is -2.17. The van der Waals surface area contributed by atoms with Gasteiger partial charge < -0.3 is 16.1 Å². The van der Waals surface area contributed by atoms with Crippen LogP contribution in [-0.2, 0) is 4.79 Å². The van der Waals surface area contributed by atoms with E-state index in [2.05, 4.69) is 16.1 Å². The molecule has 0 aliphatic carbocycles. The van der Waals surface area contributed by atoms with Crippen LogP contribution in [0.5, 0.6) is 0 Å². The van der Waals surface area contributed by atoms with Crippen LogP contribution in [0, 0.1) is 0 Å². The molecular formula is C13H20N4O2. The smallest absolute Gasteiger partial charge is 0.254 e. The number of nitrogens with one attached hydrogen (secondary N) is 3. The van der Waals surface area contributed by atoms with E-state index in [-0.39, 0.29) is 17.9 Å². The van der Waals surface area contributed by atoms with Gasteiger partial charge in [-0.25, -0.2) is 0 Å². The summed E-state index contributed by atoms with van der Waals surface area (Å²) in [6.07, 6.45) is 0. The third-order valence-corrected chi connectivity index (χ3v) is 2.50. The molecule has 104 valence electrons. The number of amides is 2. The molecule has 1 atom stereocenters. The first-order chi connectivity index (χ1) is 8.95. The minimum atomic E-state index is -0.610. The zero-order chi connectivity index (χ0) is 14.4. The number of rotatable bonds is 5. The van der Waals surface area contributed by atoms with Gasteiger partial charge in [0, 0.05) is 6.04 Å². The molecule has 1 aromatic rings. The van der Waals surface area contributed by atoms with Crippen molar-refractivity contribution in [3.05, 3.63) is 29.8 Å². The maximum Gasteiger partial charge on any atom is 0.254 e. The first kappa shape index (κ1) is 15.0. The van der Waals surface area contributed by atoms with Gasteiger partial charge in [0.15, 0.2) is 0 Å². The molecule has 0 spiro atoms. The Kier molecular flexibility index (Phi) is 5.32. The fourth-order valence-corrected chi connectivity index (χ4v) is 1.56. The second kappa shape index (κ2) is 6.75. The van der Waals surface area contributed by atoms with Gasteiger partial charge in [-0.3, -0.25) is 15.4 Å². The van der Waals surface area contributed by atoms with Crippen molar-refractivity contribution < 1.29 is 9.59 Å². The summed E-state index contributed by atoms with van der Waals surface area (Å²) < 4.78 is 0. The molecular weight excluding hydrogens is 244 g/mol. The monoisotopic (exact) mass is 264 g/mol. The highest BCUT2D eigenvalue weighted by Crippen LogP contribution is 2.13. The Balaban J connectivity index is 2.71. The molecule has 2 amide bonds. The summed E-state index contributed by atoms with van der Waals surface area (Å²) in [6, 6.07) is 6.24. The third-order valence-electron chi connectivity index (χ3n) is 2.50. The van der Waals surface area contributed by atoms with E-state index in [1.54, 1.807) is 31.2 Å². The molecule has 0 saturated carbocycles. The van der Waals surface area contributed by atoms with Crippen LogP contribution in [0.2, 0.25) is 0 Å². The van der Waals surface area contributed by atoms with E-state index in [4.69, 9.17) is 5.84 Å². The molecule has 6 nitrogen and oxygen atoms in total. The fraction of sp³-hybridized carbons (Fsp3) is 0.385. The standard InChI is InChI=1S/C13H20N4O2/c1-8(2)15-12(18)9(3)16-13(19)10-6-4-5-7-11(10)17-14/h4-9,17H,14H2,1-3H3,(H,15,18)(H,16,19). The van der Waals surface area contributed by atoms with Gasteiger partial charge in [-0.1, -0.05) is 12.1 Å². The Hall–Kier alpha value is -2.08. The van der Waals surface area contributed by atoms with Crippen LogP contribution in [0.4, 0.5) is 5.69 Å². The molecule has 0 bridgehead atoms. The van der Waals surface area contributed by atoms with Crippen molar-refractivity contribution in [1.82, 2.24) is 10.6 Å². The summed E-state index contributed by atoms with van der Waals surface area (Å²) in [5.74, 6) is 4.77. The maximum absolute atomic E-state index is 12.0. The van der Waals surface area contributed by atoms with Gasteiger partial charge in [0.2, 0.25) is 5.91 Å². The number of carbonyl (C=O) groups is 2. The minimum Gasteiger partial charge on any atom is -0.352 e. The van der Waals surface area contributed by atoms with E-state index in [9.17, 15) is 9.59 Å². The van der Waals surface area contributed by atoms with Gasteiger partial charge >= 0.3 is 0 Å². The van der Waals surface area contributed by atoms with Crippen molar-refractivity contribution in [2.24, 2.45) is 5.84 Å². The van der Waals surface area contributed by atoms with E-state index in [1.807, 2.05) is 13.8 Å².